The highest BCUT2D eigenvalue weighted by Gasteiger charge is 2.78. The number of non-ortho nitro benzene ring substituents is 1. The molecule has 0 spiro atoms. The first-order valence-electron chi connectivity index (χ1n) is 8.02. The minimum Gasteiger partial charge on any atom is -0.364 e. The molecule has 6 nitrogen and oxygen atoms in total. The molecule has 4 bridgehead atoms. The minimum absolute atomic E-state index is 0.0309. The van der Waals surface area contributed by atoms with Crippen molar-refractivity contribution in [1.82, 2.24) is 0 Å². The van der Waals surface area contributed by atoms with E-state index in [4.69, 9.17) is 4.74 Å². The van der Waals surface area contributed by atoms with Crippen LogP contribution in [0.15, 0.2) is 24.3 Å². The quantitative estimate of drug-likeness (QED) is 0.686. The number of anilines is 1. The fraction of sp³-hybridized carbons (Fsp3) is 0.588. The number of ether oxygens (including phenoxy) is 1. The zero-order valence-electron chi connectivity index (χ0n) is 13.3. The predicted octanol–water partition coefficient (Wildman–Crippen LogP) is 3.13. The van der Waals surface area contributed by atoms with Gasteiger partial charge in [-0.2, -0.15) is 0 Å². The maximum atomic E-state index is 13.0. The number of carbonyl (C=O) groups excluding carboxylic acids is 1. The van der Waals surface area contributed by atoms with E-state index < -0.39 is 10.5 Å². The maximum absolute atomic E-state index is 13.0. The Bertz CT molecular complexity index is 720. The van der Waals surface area contributed by atoms with E-state index in [2.05, 4.69) is 19.2 Å². The Kier molecular flexibility index (Phi) is 2.75. The lowest BCUT2D eigenvalue weighted by Gasteiger charge is -2.39. The SMILES string of the molecule is C[C@]12CC[C@H]3C[C@@]1(C(=O)Nc1cccc([N+](=O)[O-])c1)OC[C@@]32C. The molecule has 122 valence electrons. The first-order chi connectivity index (χ1) is 10.8. The van der Waals surface area contributed by atoms with Gasteiger partial charge < -0.3 is 10.1 Å². The van der Waals surface area contributed by atoms with Crippen molar-refractivity contribution in [2.75, 3.05) is 11.9 Å². The van der Waals surface area contributed by atoms with Crippen LogP contribution in [0.4, 0.5) is 11.4 Å². The first-order valence-corrected chi connectivity index (χ1v) is 8.02. The number of carbonyl (C=O) groups is 1. The number of amides is 1. The number of rotatable bonds is 3. The van der Waals surface area contributed by atoms with E-state index in [1.165, 1.54) is 12.1 Å². The topological polar surface area (TPSA) is 81.5 Å². The monoisotopic (exact) mass is 316 g/mol. The summed E-state index contributed by atoms with van der Waals surface area (Å²) >= 11 is 0. The highest BCUT2D eigenvalue weighted by Crippen LogP contribution is 2.75. The molecular formula is C17H20N2O4. The Morgan fingerprint density at radius 2 is 2.22 bits per heavy atom. The molecule has 4 rings (SSSR count). The van der Waals surface area contributed by atoms with Crippen molar-refractivity contribution < 1.29 is 14.5 Å². The normalized spacial score (nSPS) is 40.3. The standard InChI is InChI=1S/C17H20N2O4/c1-15-10-23-17(9-11(15)6-7-16(15,17)2)14(20)18-12-4-3-5-13(8-12)19(21)22/h3-5,8,11H,6-7,9-10H2,1-2H3,(H,18,20)/t11-,15-,16+,17-/m0/s1. The van der Waals surface area contributed by atoms with Crippen LogP contribution in [0.25, 0.3) is 0 Å². The predicted molar refractivity (Wildman–Crippen MR) is 84.0 cm³/mol. The van der Waals surface area contributed by atoms with E-state index in [9.17, 15) is 14.9 Å². The molecule has 1 saturated heterocycles. The zero-order valence-corrected chi connectivity index (χ0v) is 13.3. The summed E-state index contributed by atoms with van der Waals surface area (Å²) in [5.41, 5.74) is -0.476. The van der Waals surface area contributed by atoms with E-state index in [1.54, 1.807) is 12.1 Å². The lowest BCUT2D eigenvalue weighted by atomic mass is 9.66. The van der Waals surface area contributed by atoms with Crippen molar-refractivity contribution in [3.63, 3.8) is 0 Å². The van der Waals surface area contributed by atoms with E-state index >= 15 is 0 Å². The summed E-state index contributed by atoms with van der Waals surface area (Å²) in [6.07, 6.45) is 2.90. The number of nitro groups is 1. The Morgan fingerprint density at radius 3 is 2.87 bits per heavy atom. The molecule has 1 aromatic carbocycles. The van der Waals surface area contributed by atoms with Crippen LogP contribution in [0.2, 0.25) is 0 Å². The van der Waals surface area contributed by atoms with Gasteiger partial charge >= 0.3 is 0 Å². The third-order valence-electron chi connectivity index (χ3n) is 6.88. The van der Waals surface area contributed by atoms with Gasteiger partial charge in [-0.05, 0) is 31.2 Å². The molecule has 1 amide bonds. The van der Waals surface area contributed by atoms with Crippen LogP contribution in [-0.2, 0) is 9.53 Å². The molecule has 0 aromatic heterocycles. The molecule has 1 heterocycles. The summed E-state index contributed by atoms with van der Waals surface area (Å²) < 4.78 is 6.05. The lowest BCUT2D eigenvalue weighted by molar-refractivity contribution is -0.384. The minimum atomic E-state index is -0.796. The molecule has 23 heavy (non-hydrogen) atoms. The molecule has 3 fully saturated rings. The average molecular weight is 316 g/mol. The third-order valence-corrected chi connectivity index (χ3v) is 6.88. The number of nitro benzene ring substituents is 1. The summed E-state index contributed by atoms with van der Waals surface area (Å²) in [5, 5.41) is 13.7. The second kappa shape index (κ2) is 4.32. The Balaban J connectivity index is 1.64. The number of nitrogens with zero attached hydrogens (tertiary/aromatic N) is 1. The van der Waals surface area contributed by atoms with Gasteiger partial charge in [-0.3, -0.25) is 14.9 Å². The van der Waals surface area contributed by atoms with E-state index in [0.29, 0.717) is 18.2 Å². The molecule has 1 aliphatic heterocycles. The van der Waals surface area contributed by atoms with Gasteiger partial charge in [0.1, 0.15) is 0 Å². The first kappa shape index (κ1) is 14.6. The summed E-state index contributed by atoms with van der Waals surface area (Å²) in [7, 11) is 0. The van der Waals surface area contributed by atoms with Crippen LogP contribution >= 0.6 is 0 Å². The smallest absolute Gasteiger partial charge is 0.271 e. The molecule has 3 aliphatic rings. The average Bonchev–Trinajstić information content (AvgIpc) is 2.99. The van der Waals surface area contributed by atoms with E-state index in [-0.39, 0.29) is 22.4 Å². The Hall–Kier alpha value is -1.95. The number of hydrogen-bond acceptors (Lipinski definition) is 4. The molecule has 0 unspecified atom stereocenters. The van der Waals surface area contributed by atoms with Crippen LogP contribution in [0, 0.1) is 26.9 Å². The lowest BCUT2D eigenvalue weighted by Crippen LogP contribution is -2.52. The van der Waals surface area contributed by atoms with Crippen molar-refractivity contribution in [2.45, 2.75) is 38.7 Å². The fourth-order valence-electron chi connectivity index (χ4n) is 5.19. The van der Waals surface area contributed by atoms with E-state index in [0.717, 1.165) is 19.3 Å². The van der Waals surface area contributed by atoms with Crippen LogP contribution in [0.3, 0.4) is 0 Å². The van der Waals surface area contributed by atoms with Gasteiger partial charge in [0.15, 0.2) is 5.60 Å². The number of benzene rings is 1. The highest BCUT2D eigenvalue weighted by atomic mass is 16.6. The van der Waals surface area contributed by atoms with E-state index in [1.807, 2.05) is 0 Å². The van der Waals surface area contributed by atoms with Crippen LogP contribution < -0.4 is 5.32 Å². The molecule has 0 radical (unpaired) electrons. The summed E-state index contributed by atoms with van der Waals surface area (Å²) in [4.78, 5) is 23.4. The molecule has 2 saturated carbocycles. The molecule has 1 N–H and O–H groups in total. The zero-order chi connectivity index (χ0) is 16.5. The summed E-state index contributed by atoms with van der Waals surface area (Å²) in [6.45, 7) is 5.02. The van der Waals surface area contributed by atoms with Crippen molar-refractivity contribution in [3.05, 3.63) is 34.4 Å². The van der Waals surface area contributed by atoms with Gasteiger partial charge in [0.2, 0.25) is 0 Å². The van der Waals surface area contributed by atoms with Gasteiger partial charge in [-0.15, -0.1) is 0 Å². The largest absolute Gasteiger partial charge is 0.364 e. The number of nitrogens with one attached hydrogen (secondary N) is 1. The summed E-state index contributed by atoms with van der Waals surface area (Å²) in [5.74, 6) is 0.364. The van der Waals surface area contributed by atoms with Crippen molar-refractivity contribution in [1.29, 1.82) is 0 Å². The second-order valence-electron chi connectivity index (χ2n) is 7.57. The maximum Gasteiger partial charge on any atom is 0.271 e. The number of hydrogen-bond donors (Lipinski definition) is 1. The van der Waals surface area contributed by atoms with Crippen LogP contribution in [0.1, 0.15) is 33.1 Å². The van der Waals surface area contributed by atoms with Gasteiger partial charge in [-0.25, -0.2) is 0 Å². The van der Waals surface area contributed by atoms with Crippen molar-refractivity contribution in [2.24, 2.45) is 16.7 Å². The van der Waals surface area contributed by atoms with Crippen molar-refractivity contribution >= 4 is 17.3 Å². The molecule has 6 heteroatoms. The Morgan fingerprint density at radius 1 is 1.43 bits per heavy atom. The van der Waals surface area contributed by atoms with Gasteiger partial charge in [0.05, 0.1) is 11.5 Å². The second-order valence-corrected chi connectivity index (χ2v) is 7.57. The molecular weight excluding hydrogens is 296 g/mol. The van der Waals surface area contributed by atoms with Gasteiger partial charge in [-0.1, -0.05) is 19.9 Å². The third kappa shape index (κ3) is 1.59. The van der Waals surface area contributed by atoms with Crippen LogP contribution in [0.5, 0.6) is 0 Å². The molecule has 2 aliphatic carbocycles. The fourth-order valence-corrected chi connectivity index (χ4v) is 5.19. The van der Waals surface area contributed by atoms with Crippen LogP contribution in [-0.4, -0.2) is 23.0 Å². The summed E-state index contributed by atoms with van der Waals surface area (Å²) in [6, 6.07) is 6.05. The molecule has 1 aromatic rings. The Labute approximate surface area is 134 Å². The van der Waals surface area contributed by atoms with Gasteiger partial charge in [0, 0.05) is 28.7 Å². The molecule has 4 atom stereocenters. The van der Waals surface area contributed by atoms with Gasteiger partial charge in [0.25, 0.3) is 11.6 Å². The van der Waals surface area contributed by atoms with Crippen molar-refractivity contribution in [3.8, 4) is 0 Å². The highest BCUT2D eigenvalue weighted by molar-refractivity contribution is 5.99.